The second-order valence-corrected chi connectivity index (χ2v) is 15.9. The van der Waals surface area contributed by atoms with Crippen LogP contribution in [-0.4, -0.2) is 20.4 Å². The van der Waals surface area contributed by atoms with Crippen molar-refractivity contribution in [1.82, 2.24) is 0 Å². The highest BCUT2D eigenvalue weighted by Gasteiger charge is 2.22. The van der Waals surface area contributed by atoms with Gasteiger partial charge >= 0.3 is 0 Å². The molecule has 0 saturated carbocycles. The Morgan fingerprint density at radius 2 is 0.479 bits per heavy atom. The minimum Gasteiger partial charge on any atom is -0.506 e. The molecule has 4 nitrogen and oxygen atoms in total. The molecule has 0 aromatic heterocycles. The summed E-state index contributed by atoms with van der Waals surface area (Å²) in [6.07, 6.45) is 0. The lowest BCUT2D eigenvalue weighted by Crippen LogP contribution is -1.90. The smallest absolute Gasteiger partial charge is 0.137 e. The van der Waals surface area contributed by atoms with Gasteiger partial charge in [0.15, 0.2) is 0 Å². The van der Waals surface area contributed by atoms with E-state index < -0.39 is 0 Å². The third-order valence-electron chi connectivity index (χ3n) is 8.40. The molecule has 0 spiro atoms. The van der Waals surface area contributed by atoms with Crippen molar-refractivity contribution in [1.29, 1.82) is 0 Å². The first-order valence-electron chi connectivity index (χ1n) is 14.8. The van der Waals surface area contributed by atoms with Gasteiger partial charge < -0.3 is 20.4 Å². The van der Waals surface area contributed by atoms with Gasteiger partial charge in [-0.3, -0.25) is 0 Å². The molecule has 8 heteroatoms. The van der Waals surface area contributed by atoms with Crippen molar-refractivity contribution in [2.45, 2.75) is 0 Å². The molecule has 236 valence electrons. The number of phenols is 4. The van der Waals surface area contributed by atoms with Crippen molar-refractivity contribution in [3.8, 4) is 45.3 Å². The maximum absolute atomic E-state index is 10.8. The number of hydrogen-bond acceptors (Lipinski definition) is 4. The second-order valence-electron chi connectivity index (χ2n) is 11.2. The third-order valence-corrected chi connectivity index (χ3v) is 11.7. The average Bonchev–Trinajstić information content (AvgIpc) is 3.09. The molecule has 0 unspecified atom stereocenters. The molecular weight excluding hydrogens is 1050 g/mol. The van der Waals surface area contributed by atoms with Crippen LogP contribution in [0.4, 0.5) is 0 Å². The Labute approximate surface area is 331 Å². The van der Waals surface area contributed by atoms with Crippen LogP contribution in [0, 0.1) is 14.3 Å². The van der Waals surface area contributed by atoms with E-state index >= 15 is 0 Å². The highest BCUT2D eigenvalue weighted by atomic mass is 127. The summed E-state index contributed by atoms with van der Waals surface area (Å²) in [5.41, 5.74) is 2.74. The molecule has 4 N–H and O–H groups in total. The number of rotatable bonds is 2. The molecule has 8 rings (SSSR count). The van der Waals surface area contributed by atoms with Crippen LogP contribution in [-0.2, 0) is 0 Å². The van der Waals surface area contributed by atoms with Crippen LogP contribution in [0.2, 0.25) is 0 Å². The maximum Gasteiger partial charge on any atom is 0.137 e. The fourth-order valence-electron chi connectivity index (χ4n) is 6.22. The molecule has 0 amide bonds. The molecule has 0 aliphatic heterocycles. The summed E-state index contributed by atoms with van der Waals surface area (Å²) in [6, 6.07) is 39.6. The molecule has 0 saturated heterocycles. The van der Waals surface area contributed by atoms with Crippen molar-refractivity contribution < 1.29 is 20.4 Å². The van der Waals surface area contributed by atoms with Crippen LogP contribution in [0.1, 0.15) is 0 Å². The molecule has 0 aliphatic carbocycles. The Morgan fingerprint density at radius 3 is 0.688 bits per heavy atom. The summed E-state index contributed by atoms with van der Waals surface area (Å²) in [5, 5.41) is 51.1. The van der Waals surface area contributed by atoms with Crippen LogP contribution in [0.5, 0.6) is 23.0 Å². The highest BCUT2D eigenvalue weighted by molar-refractivity contribution is 14.1. The summed E-state index contributed by atoms with van der Waals surface area (Å²) in [7, 11) is 0. The molecular formula is C40H24I4O4. The van der Waals surface area contributed by atoms with Gasteiger partial charge in [-0.2, -0.15) is 0 Å². The van der Waals surface area contributed by atoms with E-state index in [1.54, 1.807) is 0 Å². The predicted molar refractivity (Wildman–Crippen MR) is 231 cm³/mol. The van der Waals surface area contributed by atoms with Gasteiger partial charge in [0.1, 0.15) is 23.0 Å². The van der Waals surface area contributed by atoms with E-state index in [1.807, 2.05) is 121 Å². The van der Waals surface area contributed by atoms with Crippen LogP contribution in [0.15, 0.2) is 121 Å². The zero-order valence-electron chi connectivity index (χ0n) is 24.8. The van der Waals surface area contributed by atoms with Crippen molar-refractivity contribution in [2.24, 2.45) is 0 Å². The number of halogens is 4. The summed E-state index contributed by atoms with van der Waals surface area (Å²) in [6.45, 7) is 0. The Bertz CT molecular complexity index is 2210. The predicted octanol–water partition coefficient (Wildman–Crippen LogP) is 12.6. The third kappa shape index (κ3) is 5.92. The van der Waals surface area contributed by atoms with E-state index in [2.05, 4.69) is 90.4 Å². The monoisotopic (exact) mass is 1080 g/mol. The number of fused-ring (bicyclic) bond motifs is 4. The summed E-state index contributed by atoms with van der Waals surface area (Å²) >= 11 is 8.54. The standard InChI is InChI=1S/2C20H12I2O2/c2*21-15-9-11-5-1-3-7-13(11)17(19(15)23)18-14-8-4-2-6-12(14)10-16(22)20(18)24/h2*1-10,23-24H. The van der Waals surface area contributed by atoms with Gasteiger partial charge in [0.2, 0.25) is 0 Å². The van der Waals surface area contributed by atoms with Crippen molar-refractivity contribution in [3.63, 3.8) is 0 Å². The second kappa shape index (κ2) is 13.7. The van der Waals surface area contributed by atoms with Gasteiger partial charge in [-0.05, 0) is 158 Å². The van der Waals surface area contributed by atoms with Crippen molar-refractivity contribution in [2.75, 3.05) is 0 Å². The Balaban J connectivity index is 0.000000152. The minimum absolute atomic E-state index is 0.205. The van der Waals surface area contributed by atoms with Gasteiger partial charge in [0, 0.05) is 22.3 Å². The summed E-state index contributed by atoms with van der Waals surface area (Å²) < 4.78 is 3.07. The molecule has 8 aromatic carbocycles. The van der Waals surface area contributed by atoms with Gasteiger partial charge in [0.05, 0.1) is 14.3 Å². The van der Waals surface area contributed by atoms with Crippen molar-refractivity contribution >= 4 is 133 Å². The lowest BCUT2D eigenvalue weighted by atomic mass is 9.92. The fraction of sp³-hybridized carbons (Fsp3) is 0. The van der Waals surface area contributed by atoms with Gasteiger partial charge in [-0.1, -0.05) is 97.1 Å². The van der Waals surface area contributed by atoms with E-state index in [0.717, 1.165) is 57.4 Å². The zero-order valence-corrected chi connectivity index (χ0v) is 33.5. The molecule has 0 fully saturated rings. The highest BCUT2D eigenvalue weighted by Crippen LogP contribution is 2.49. The lowest BCUT2D eigenvalue weighted by Gasteiger charge is -2.16. The number of phenolic OH excluding ortho intramolecular Hbond substituents is 4. The Hall–Kier alpha value is -3.08. The number of hydrogen-bond donors (Lipinski definition) is 4. The van der Waals surface area contributed by atoms with Crippen LogP contribution < -0.4 is 0 Å². The van der Waals surface area contributed by atoms with Crippen LogP contribution in [0.25, 0.3) is 65.3 Å². The van der Waals surface area contributed by atoms with Gasteiger partial charge in [0.25, 0.3) is 0 Å². The van der Waals surface area contributed by atoms with Crippen molar-refractivity contribution in [3.05, 3.63) is 136 Å². The Morgan fingerprint density at radius 1 is 0.292 bits per heavy atom. The first-order valence-corrected chi connectivity index (χ1v) is 19.1. The summed E-state index contributed by atoms with van der Waals surface area (Å²) in [5.74, 6) is 0.821. The minimum atomic E-state index is 0.205. The van der Waals surface area contributed by atoms with E-state index in [-0.39, 0.29) is 23.0 Å². The normalized spacial score (nSPS) is 11.2. The molecule has 0 aliphatic rings. The Kier molecular flexibility index (Phi) is 9.52. The first-order chi connectivity index (χ1) is 23.2. The maximum atomic E-state index is 10.8. The fourth-order valence-corrected chi connectivity index (χ4v) is 8.64. The quantitative estimate of drug-likeness (QED) is 0.130. The number of benzene rings is 8. The van der Waals surface area contributed by atoms with Gasteiger partial charge in [-0.25, -0.2) is 0 Å². The molecule has 0 bridgehead atoms. The van der Waals surface area contributed by atoms with E-state index in [0.29, 0.717) is 22.3 Å². The topological polar surface area (TPSA) is 80.9 Å². The van der Waals surface area contributed by atoms with E-state index in [9.17, 15) is 20.4 Å². The lowest BCUT2D eigenvalue weighted by molar-refractivity contribution is 0.466. The molecule has 0 radical (unpaired) electrons. The first kappa shape index (κ1) is 33.4. The SMILES string of the molecule is Oc1c(I)cc2ccccc2c1-c1c(O)c(I)cc2ccccc12.Oc1c(I)cc2ccccc2c1-c1c(O)c(I)cc2ccccc12. The molecule has 8 aromatic rings. The van der Waals surface area contributed by atoms with Gasteiger partial charge in [-0.15, -0.1) is 0 Å². The molecule has 48 heavy (non-hydrogen) atoms. The van der Waals surface area contributed by atoms with Crippen LogP contribution in [0.3, 0.4) is 0 Å². The molecule has 0 heterocycles. The largest absolute Gasteiger partial charge is 0.506 e. The number of aromatic hydroxyl groups is 4. The summed E-state index contributed by atoms with van der Waals surface area (Å²) in [4.78, 5) is 0. The van der Waals surface area contributed by atoms with E-state index in [4.69, 9.17) is 0 Å². The average molecular weight is 1080 g/mol. The molecule has 0 atom stereocenters. The van der Waals surface area contributed by atoms with Crippen LogP contribution >= 0.6 is 90.4 Å². The zero-order chi connectivity index (χ0) is 33.7. The van der Waals surface area contributed by atoms with E-state index in [1.165, 1.54) is 0 Å².